The number of aryl methyl sites for hydroxylation is 1. The number of rotatable bonds is 8. The molecular formula is C12H23N5O. The lowest BCUT2D eigenvalue weighted by Crippen LogP contribution is -2.34. The highest BCUT2D eigenvalue weighted by atomic mass is 16.2. The Balaban J connectivity index is 2.36. The molecule has 0 aromatic carbocycles. The van der Waals surface area contributed by atoms with Crippen LogP contribution in [0.3, 0.4) is 0 Å². The van der Waals surface area contributed by atoms with E-state index in [0.29, 0.717) is 6.54 Å². The lowest BCUT2D eigenvalue weighted by atomic mass is 10.2. The van der Waals surface area contributed by atoms with Crippen molar-refractivity contribution in [3.63, 3.8) is 0 Å². The van der Waals surface area contributed by atoms with Crippen molar-refractivity contribution in [2.45, 2.75) is 52.1 Å². The standard InChI is InChI=1S/C12H23N5O/c1-3-10(2)14-12(18)9-17-8-11(15-16-17)6-4-5-7-13/h8,10H,3-7,9,13H2,1-2H3,(H,14,18). The predicted molar refractivity (Wildman–Crippen MR) is 69.9 cm³/mol. The summed E-state index contributed by atoms with van der Waals surface area (Å²) in [6.45, 7) is 4.95. The van der Waals surface area contributed by atoms with Crippen molar-refractivity contribution in [2.75, 3.05) is 6.54 Å². The van der Waals surface area contributed by atoms with E-state index < -0.39 is 0 Å². The van der Waals surface area contributed by atoms with Crippen LogP contribution in [0, 0.1) is 0 Å². The Kier molecular flexibility index (Phi) is 6.35. The third-order valence-electron chi connectivity index (χ3n) is 2.80. The molecule has 0 aliphatic carbocycles. The van der Waals surface area contributed by atoms with E-state index in [1.54, 1.807) is 4.68 Å². The molecule has 6 heteroatoms. The second kappa shape index (κ2) is 7.81. The summed E-state index contributed by atoms with van der Waals surface area (Å²) in [7, 11) is 0. The summed E-state index contributed by atoms with van der Waals surface area (Å²) in [6.07, 6.45) is 5.61. The summed E-state index contributed by atoms with van der Waals surface area (Å²) in [5, 5.41) is 10.9. The number of unbranched alkanes of at least 4 members (excludes halogenated alkanes) is 1. The Labute approximate surface area is 108 Å². The van der Waals surface area contributed by atoms with Crippen molar-refractivity contribution in [3.8, 4) is 0 Å². The zero-order valence-corrected chi connectivity index (χ0v) is 11.2. The molecule has 0 bridgehead atoms. The van der Waals surface area contributed by atoms with Gasteiger partial charge in [-0.2, -0.15) is 0 Å². The molecule has 18 heavy (non-hydrogen) atoms. The minimum Gasteiger partial charge on any atom is -0.352 e. The maximum absolute atomic E-state index is 11.6. The van der Waals surface area contributed by atoms with E-state index >= 15 is 0 Å². The van der Waals surface area contributed by atoms with Crippen LogP contribution in [0.5, 0.6) is 0 Å². The van der Waals surface area contributed by atoms with Gasteiger partial charge in [0.05, 0.1) is 5.69 Å². The van der Waals surface area contributed by atoms with Gasteiger partial charge >= 0.3 is 0 Å². The van der Waals surface area contributed by atoms with Gasteiger partial charge in [-0.1, -0.05) is 12.1 Å². The fraction of sp³-hybridized carbons (Fsp3) is 0.750. The van der Waals surface area contributed by atoms with E-state index in [4.69, 9.17) is 5.73 Å². The molecule has 1 heterocycles. The highest BCUT2D eigenvalue weighted by Gasteiger charge is 2.08. The average Bonchev–Trinajstić information content (AvgIpc) is 2.76. The number of hydrogen-bond donors (Lipinski definition) is 2. The van der Waals surface area contributed by atoms with Gasteiger partial charge in [-0.25, -0.2) is 4.68 Å². The fourth-order valence-electron chi connectivity index (χ4n) is 1.55. The van der Waals surface area contributed by atoms with E-state index in [1.807, 2.05) is 20.0 Å². The molecule has 1 atom stereocenters. The van der Waals surface area contributed by atoms with Gasteiger partial charge in [-0.05, 0) is 39.2 Å². The second-order valence-electron chi connectivity index (χ2n) is 4.53. The molecule has 0 aliphatic rings. The lowest BCUT2D eigenvalue weighted by molar-refractivity contribution is -0.122. The summed E-state index contributed by atoms with van der Waals surface area (Å²) in [6, 6.07) is 0.199. The smallest absolute Gasteiger partial charge is 0.242 e. The monoisotopic (exact) mass is 253 g/mol. The van der Waals surface area contributed by atoms with Crippen molar-refractivity contribution in [1.82, 2.24) is 20.3 Å². The van der Waals surface area contributed by atoms with Crippen LogP contribution in [-0.4, -0.2) is 33.5 Å². The minimum atomic E-state index is -0.0252. The van der Waals surface area contributed by atoms with E-state index in [9.17, 15) is 4.79 Å². The number of carbonyl (C=O) groups is 1. The van der Waals surface area contributed by atoms with Gasteiger partial charge < -0.3 is 11.1 Å². The molecule has 1 unspecified atom stereocenters. The summed E-state index contributed by atoms with van der Waals surface area (Å²) in [4.78, 5) is 11.6. The van der Waals surface area contributed by atoms with Crippen molar-refractivity contribution < 1.29 is 4.79 Å². The molecule has 1 rings (SSSR count). The third kappa shape index (κ3) is 5.27. The first-order chi connectivity index (χ1) is 8.65. The molecule has 102 valence electrons. The van der Waals surface area contributed by atoms with Crippen LogP contribution in [0.15, 0.2) is 6.20 Å². The first-order valence-corrected chi connectivity index (χ1v) is 6.54. The van der Waals surface area contributed by atoms with E-state index in [-0.39, 0.29) is 18.5 Å². The van der Waals surface area contributed by atoms with Crippen LogP contribution in [0.25, 0.3) is 0 Å². The molecule has 0 aliphatic heterocycles. The number of nitrogens with two attached hydrogens (primary N) is 1. The molecular weight excluding hydrogens is 230 g/mol. The van der Waals surface area contributed by atoms with Crippen LogP contribution in [0.1, 0.15) is 38.8 Å². The first kappa shape index (κ1) is 14.6. The number of carbonyl (C=O) groups excluding carboxylic acids is 1. The Bertz CT molecular complexity index is 363. The molecule has 0 saturated heterocycles. The number of amides is 1. The molecule has 0 saturated carbocycles. The van der Waals surface area contributed by atoms with Crippen molar-refractivity contribution >= 4 is 5.91 Å². The van der Waals surface area contributed by atoms with Crippen LogP contribution in [0.4, 0.5) is 0 Å². The maximum Gasteiger partial charge on any atom is 0.242 e. The number of aromatic nitrogens is 3. The molecule has 1 amide bonds. The Hall–Kier alpha value is -1.43. The maximum atomic E-state index is 11.6. The predicted octanol–water partition coefficient (Wildman–Crippen LogP) is 0.474. The van der Waals surface area contributed by atoms with E-state index in [2.05, 4.69) is 15.6 Å². The molecule has 1 aromatic rings. The van der Waals surface area contributed by atoms with E-state index in [0.717, 1.165) is 31.4 Å². The highest BCUT2D eigenvalue weighted by molar-refractivity contribution is 5.75. The Morgan fingerprint density at radius 1 is 1.56 bits per heavy atom. The van der Waals surface area contributed by atoms with Crippen molar-refractivity contribution in [2.24, 2.45) is 5.73 Å². The quantitative estimate of drug-likeness (QED) is 0.660. The summed E-state index contributed by atoms with van der Waals surface area (Å²) in [5.41, 5.74) is 6.35. The topological polar surface area (TPSA) is 85.8 Å². The summed E-state index contributed by atoms with van der Waals surface area (Å²) in [5.74, 6) is -0.0252. The fourth-order valence-corrected chi connectivity index (χ4v) is 1.55. The number of hydrogen-bond acceptors (Lipinski definition) is 4. The first-order valence-electron chi connectivity index (χ1n) is 6.54. The molecule has 0 spiro atoms. The number of nitrogens with one attached hydrogen (secondary N) is 1. The number of nitrogens with zero attached hydrogens (tertiary/aromatic N) is 3. The molecule has 0 fully saturated rings. The van der Waals surface area contributed by atoms with Crippen LogP contribution in [-0.2, 0) is 17.8 Å². The van der Waals surface area contributed by atoms with Gasteiger partial charge in [0.2, 0.25) is 5.91 Å². The SMILES string of the molecule is CCC(C)NC(=O)Cn1cc(CCCCN)nn1. The molecule has 3 N–H and O–H groups in total. The van der Waals surface area contributed by atoms with Crippen LogP contribution < -0.4 is 11.1 Å². The Morgan fingerprint density at radius 2 is 2.33 bits per heavy atom. The van der Waals surface area contributed by atoms with Gasteiger partial charge in [-0.3, -0.25) is 4.79 Å². The molecule has 6 nitrogen and oxygen atoms in total. The normalized spacial score (nSPS) is 12.4. The summed E-state index contributed by atoms with van der Waals surface area (Å²) < 4.78 is 1.58. The second-order valence-corrected chi connectivity index (χ2v) is 4.53. The van der Waals surface area contributed by atoms with Gasteiger partial charge in [0.1, 0.15) is 6.54 Å². The van der Waals surface area contributed by atoms with Gasteiger partial charge in [-0.15, -0.1) is 5.10 Å². The lowest BCUT2D eigenvalue weighted by Gasteiger charge is -2.10. The average molecular weight is 253 g/mol. The zero-order chi connectivity index (χ0) is 13.4. The van der Waals surface area contributed by atoms with Crippen LogP contribution >= 0.6 is 0 Å². The summed E-state index contributed by atoms with van der Waals surface area (Å²) >= 11 is 0. The van der Waals surface area contributed by atoms with Crippen molar-refractivity contribution in [3.05, 3.63) is 11.9 Å². The molecule has 0 radical (unpaired) electrons. The zero-order valence-electron chi connectivity index (χ0n) is 11.2. The van der Waals surface area contributed by atoms with Gasteiger partial charge in [0.25, 0.3) is 0 Å². The highest BCUT2D eigenvalue weighted by Crippen LogP contribution is 2.00. The van der Waals surface area contributed by atoms with Gasteiger partial charge in [0, 0.05) is 12.2 Å². The third-order valence-corrected chi connectivity index (χ3v) is 2.80. The minimum absolute atomic E-state index is 0.0252. The van der Waals surface area contributed by atoms with Gasteiger partial charge in [0.15, 0.2) is 0 Å². The van der Waals surface area contributed by atoms with Crippen LogP contribution in [0.2, 0.25) is 0 Å². The van der Waals surface area contributed by atoms with E-state index in [1.165, 1.54) is 0 Å². The molecule has 1 aromatic heterocycles. The largest absolute Gasteiger partial charge is 0.352 e. The van der Waals surface area contributed by atoms with Crippen molar-refractivity contribution in [1.29, 1.82) is 0 Å². The Morgan fingerprint density at radius 3 is 3.00 bits per heavy atom.